The highest BCUT2D eigenvalue weighted by Crippen LogP contribution is 2.66. The Morgan fingerprint density at radius 2 is 2.05 bits per heavy atom. The van der Waals surface area contributed by atoms with E-state index in [4.69, 9.17) is 21.4 Å². The van der Waals surface area contributed by atoms with Crippen molar-refractivity contribution in [3.63, 3.8) is 0 Å². The third kappa shape index (κ3) is 2.32. The van der Waals surface area contributed by atoms with Crippen LogP contribution in [0.3, 0.4) is 0 Å². The van der Waals surface area contributed by atoms with Crippen LogP contribution in [0.15, 0.2) is 0 Å². The molecule has 20 heavy (non-hydrogen) atoms. The number of carboxylic acid groups (broad SMARTS) is 1. The minimum Gasteiger partial charge on any atom is -0.481 e. The van der Waals surface area contributed by atoms with E-state index in [2.05, 4.69) is 20.8 Å². The van der Waals surface area contributed by atoms with Gasteiger partial charge in [-0.05, 0) is 30.6 Å². The molecule has 2 rings (SSSR count). The summed E-state index contributed by atoms with van der Waals surface area (Å²) in [7, 11) is 0. The summed E-state index contributed by atoms with van der Waals surface area (Å²) in [6, 6.07) is 0. The molecule has 0 aromatic carbocycles. The standard InChI is InChI=1S/C15H23ClO4/c1-14(2)10-4-5-15(14,3)11(7-10)20-12(17)6-9(8-16)13(18)19/h9-11H,4-8H2,1-3H3,(H,18,19). The number of rotatable bonds is 5. The minimum atomic E-state index is -1.04. The van der Waals surface area contributed by atoms with Crippen LogP contribution in [0.1, 0.15) is 46.5 Å². The number of carboxylic acids is 1. The second-order valence-corrected chi connectivity index (χ2v) is 7.29. The van der Waals surface area contributed by atoms with Gasteiger partial charge in [-0.15, -0.1) is 11.6 Å². The predicted molar refractivity (Wildman–Crippen MR) is 75.6 cm³/mol. The fraction of sp³-hybridized carbons (Fsp3) is 0.867. The molecule has 4 atom stereocenters. The van der Waals surface area contributed by atoms with E-state index in [1.165, 1.54) is 6.42 Å². The molecule has 0 aliphatic heterocycles. The number of fused-ring (bicyclic) bond motifs is 2. The van der Waals surface area contributed by atoms with Crippen molar-refractivity contribution in [2.75, 3.05) is 5.88 Å². The van der Waals surface area contributed by atoms with Gasteiger partial charge >= 0.3 is 11.9 Å². The van der Waals surface area contributed by atoms with Gasteiger partial charge in [0.25, 0.3) is 0 Å². The number of ether oxygens (including phenoxy) is 1. The van der Waals surface area contributed by atoms with Gasteiger partial charge in [0, 0.05) is 11.3 Å². The van der Waals surface area contributed by atoms with Gasteiger partial charge in [-0.2, -0.15) is 0 Å². The third-order valence-electron chi connectivity index (χ3n) is 5.94. The number of hydrogen-bond donors (Lipinski definition) is 1. The molecule has 4 unspecified atom stereocenters. The summed E-state index contributed by atoms with van der Waals surface area (Å²) >= 11 is 5.57. The highest BCUT2D eigenvalue weighted by atomic mass is 35.5. The van der Waals surface area contributed by atoms with Gasteiger partial charge in [0.1, 0.15) is 6.10 Å². The Bertz CT molecular complexity index is 420. The summed E-state index contributed by atoms with van der Waals surface area (Å²) in [5.74, 6) is -1.82. The monoisotopic (exact) mass is 302 g/mol. The van der Waals surface area contributed by atoms with Crippen molar-refractivity contribution in [1.29, 1.82) is 0 Å². The van der Waals surface area contributed by atoms with E-state index in [1.54, 1.807) is 0 Å². The molecule has 114 valence electrons. The lowest BCUT2D eigenvalue weighted by Gasteiger charge is -2.38. The molecule has 0 spiro atoms. The van der Waals surface area contributed by atoms with Crippen molar-refractivity contribution in [2.24, 2.45) is 22.7 Å². The van der Waals surface area contributed by atoms with Crippen LogP contribution in [0, 0.1) is 22.7 Å². The molecule has 5 heteroatoms. The summed E-state index contributed by atoms with van der Waals surface area (Å²) in [5.41, 5.74) is 0.184. The van der Waals surface area contributed by atoms with Gasteiger partial charge in [-0.1, -0.05) is 20.8 Å². The zero-order valence-corrected chi connectivity index (χ0v) is 13.1. The number of carbonyl (C=O) groups is 2. The van der Waals surface area contributed by atoms with Gasteiger partial charge in [0.2, 0.25) is 0 Å². The third-order valence-corrected chi connectivity index (χ3v) is 6.31. The minimum absolute atomic E-state index is 0.00696. The quantitative estimate of drug-likeness (QED) is 0.626. The van der Waals surface area contributed by atoms with E-state index < -0.39 is 17.9 Å². The first-order chi connectivity index (χ1) is 9.22. The molecule has 0 heterocycles. The van der Waals surface area contributed by atoms with E-state index in [1.807, 2.05) is 0 Å². The summed E-state index contributed by atoms with van der Waals surface area (Å²) in [6.07, 6.45) is 2.93. The molecular formula is C15H23ClO4. The lowest BCUT2D eigenvalue weighted by atomic mass is 9.70. The SMILES string of the molecule is CC1(C)C2CCC1(C)C(OC(=O)CC(CCl)C(=O)O)C2. The second-order valence-electron chi connectivity index (χ2n) is 6.98. The van der Waals surface area contributed by atoms with Gasteiger partial charge in [-0.3, -0.25) is 9.59 Å². The topological polar surface area (TPSA) is 63.6 Å². The van der Waals surface area contributed by atoms with Crippen LogP contribution < -0.4 is 0 Å². The average Bonchev–Trinajstić information content (AvgIpc) is 2.68. The fourth-order valence-electron chi connectivity index (χ4n) is 3.92. The number of hydrogen-bond acceptors (Lipinski definition) is 3. The Morgan fingerprint density at radius 1 is 1.40 bits per heavy atom. The molecular weight excluding hydrogens is 280 g/mol. The highest BCUT2D eigenvalue weighted by molar-refractivity contribution is 6.19. The smallest absolute Gasteiger partial charge is 0.308 e. The Morgan fingerprint density at radius 3 is 2.45 bits per heavy atom. The lowest BCUT2D eigenvalue weighted by molar-refractivity contribution is -0.160. The summed E-state index contributed by atoms with van der Waals surface area (Å²) in [5, 5.41) is 8.93. The molecule has 0 aromatic rings. The van der Waals surface area contributed by atoms with E-state index in [0.29, 0.717) is 5.92 Å². The molecule has 2 fully saturated rings. The Balaban J connectivity index is 1.98. The molecule has 2 aliphatic rings. The highest BCUT2D eigenvalue weighted by Gasteiger charge is 2.62. The van der Waals surface area contributed by atoms with Crippen LogP contribution in [0.4, 0.5) is 0 Å². The first-order valence-corrected chi connectivity index (χ1v) is 7.74. The Kier molecular flexibility index (Phi) is 4.07. The van der Waals surface area contributed by atoms with E-state index in [-0.39, 0.29) is 29.2 Å². The summed E-state index contributed by atoms with van der Waals surface area (Å²) in [6.45, 7) is 6.68. The van der Waals surface area contributed by atoms with Crippen molar-refractivity contribution in [3.8, 4) is 0 Å². The van der Waals surface area contributed by atoms with Crippen LogP contribution in [0.5, 0.6) is 0 Å². The maximum absolute atomic E-state index is 12.0. The zero-order chi connectivity index (χ0) is 15.1. The number of aliphatic carboxylic acids is 1. The van der Waals surface area contributed by atoms with Crippen LogP contribution in [0.2, 0.25) is 0 Å². The normalized spacial score (nSPS) is 35.8. The van der Waals surface area contributed by atoms with E-state index >= 15 is 0 Å². The van der Waals surface area contributed by atoms with E-state index in [9.17, 15) is 9.59 Å². The largest absolute Gasteiger partial charge is 0.481 e. The summed E-state index contributed by atoms with van der Waals surface area (Å²) < 4.78 is 5.61. The second kappa shape index (κ2) is 5.21. The van der Waals surface area contributed by atoms with Crippen LogP contribution >= 0.6 is 11.6 Å². The Labute approximate surface area is 124 Å². The molecule has 0 radical (unpaired) electrons. The van der Waals surface area contributed by atoms with Gasteiger partial charge < -0.3 is 9.84 Å². The molecule has 4 nitrogen and oxygen atoms in total. The molecule has 2 saturated carbocycles. The van der Waals surface area contributed by atoms with Gasteiger partial charge in [-0.25, -0.2) is 0 Å². The molecule has 0 aromatic heterocycles. The van der Waals surface area contributed by atoms with Gasteiger partial charge in [0.15, 0.2) is 0 Å². The van der Waals surface area contributed by atoms with Crippen LogP contribution in [-0.2, 0) is 14.3 Å². The lowest BCUT2D eigenvalue weighted by Crippen LogP contribution is -2.38. The number of halogens is 1. The first-order valence-electron chi connectivity index (χ1n) is 7.20. The molecule has 2 bridgehead atoms. The van der Waals surface area contributed by atoms with Crippen LogP contribution in [-0.4, -0.2) is 29.0 Å². The molecule has 0 amide bonds. The van der Waals surface area contributed by atoms with Crippen LogP contribution in [0.25, 0.3) is 0 Å². The van der Waals surface area contributed by atoms with Crippen molar-refractivity contribution in [1.82, 2.24) is 0 Å². The number of carbonyl (C=O) groups excluding carboxylic acids is 1. The van der Waals surface area contributed by atoms with Gasteiger partial charge in [0.05, 0.1) is 12.3 Å². The number of alkyl halides is 1. The van der Waals surface area contributed by atoms with Crippen molar-refractivity contribution in [3.05, 3.63) is 0 Å². The van der Waals surface area contributed by atoms with Crippen molar-refractivity contribution >= 4 is 23.5 Å². The molecule has 2 aliphatic carbocycles. The van der Waals surface area contributed by atoms with Crippen molar-refractivity contribution < 1.29 is 19.4 Å². The van der Waals surface area contributed by atoms with E-state index in [0.717, 1.165) is 12.8 Å². The maximum atomic E-state index is 12.0. The van der Waals surface area contributed by atoms with Crippen molar-refractivity contribution in [2.45, 2.75) is 52.6 Å². The molecule has 1 N–H and O–H groups in total. The number of esters is 1. The average molecular weight is 303 g/mol. The Hall–Kier alpha value is -0.770. The fourth-order valence-corrected chi connectivity index (χ4v) is 4.17. The molecule has 0 saturated heterocycles. The summed E-state index contributed by atoms with van der Waals surface area (Å²) in [4.78, 5) is 22.9. The first kappa shape index (κ1) is 15.6. The zero-order valence-electron chi connectivity index (χ0n) is 12.3. The maximum Gasteiger partial charge on any atom is 0.308 e. The predicted octanol–water partition coefficient (Wildman–Crippen LogP) is 3.07.